The molecular formula is C27H27N3O2S. The predicted octanol–water partition coefficient (Wildman–Crippen LogP) is 6.61. The molecule has 2 N–H and O–H groups in total. The topological polar surface area (TPSA) is 63.2 Å². The molecule has 0 spiro atoms. The molecule has 1 atom stereocenters. The van der Waals surface area contributed by atoms with Gasteiger partial charge in [-0.15, -0.1) is 11.3 Å². The van der Waals surface area contributed by atoms with Crippen molar-refractivity contribution in [2.24, 2.45) is 0 Å². The fourth-order valence-corrected chi connectivity index (χ4v) is 4.79. The lowest BCUT2D eigenvalue weighted by atomic mass is 9.96. The second-order valence-corrected chi connectivity index (χ2v) is 8.87. The summed E-state index contributed by atoms with van der Waals surface area (Å²) in [7, 11) is 0. The SMILES string of the molecule is CCOc1ccc(C(Nc2ccccn2)c2c(NC(=O)c3ccccc3)sc(C)c2C)cc1. The zero-order valence-electron chi connectivity index (χ0n) is 19.0. The Morgan fingerprint density at radius 3 is 2.39 bits per heavy atom. The van der Waals surface area contributed by atoms with Crippen LogP contribution in [0.1, 0.15) is 44.9 Å². The van der Waals surface area contributed by atoms with Gasteiger partial charge < -0.3 is 15.4 Å². The average Bonchev–Trinajstić information content (AvgIpc) is 3.12. The van der Waals surface area contributed by atoms with Crippen molar-refractivity contribution in [2.75, 3.05) is 17.2 Å². The molecule has 0 aliphatic rings. The molecule has 0 saturated carbocycles. The molecular weight excluding hydrogens is 430 g/mol. The number of amides is 1. The number of aromatic nitrogens is 1. The number of benzene rings is 2. The van der Waals surface area contributed by atoms with Crippen LogP contribution in [0.2, 0.25) is 0 Å². The van der Waals surface area contributed by atoms with Gasteiger partial charge in [-0.05, 0) is 68.3 Å². The maximum absolute atomic E-state index is 13.0. The third kappa shape index (κ3) is 5.23. The normalized spacial score (nSPS) is 11.6. The molecule has 6 heteroatoms. The van der Waals surface area contributed by atoms with Crippen molar-refractivity contribution in [1.82, 2.24) is 4.98 Å². The maximum atomic E-state index is 13.0. The van der Waals surface area contributed by atoms with Crippen molar-refractivity contribution in [1.29, 1.82) is 0 Å². The van der Waals surface area contributed by atoms with Crippen molar-refractivity contribution < 1.29 is 9.53 Å². The van der Waals surface area contributed by atoms with E-state index in [1.165, 1.54) is 0 Å². The van der Waals surface area contributed by atoms with Crippen LogP contribution in [0.4, 0.5) is 10.8 Å². The Morgan fingerprint density at radius 1 is 1.00 bits per heavy atom. The number of nitrogens with zero attached hydrogens (tertiary/aromatic N) is 1. The monoisotopic (exact) mass is 457 g/mol. The van der Waals surface area contributed by atoms with E-state index in [9.17, 15) is 4.79 Å². The van der Waals surface area contributed by atoms with Gasteiger partial charge in [-0.3, -0.25) is 4.79 Å². The summed E-state index contributed by atoms with van der Waals surface area (Å²) >= 11 is 1.59. The highest BCUT2D eigenvalue weighted by Gasteiger charge is 2.25. The fourth-order valence-electron chi connectivity index (χ4n) is 3.69. The van der Waals surface area contributed by atoms with Gasteiger partial charge in [0.05, 0.1) is 12.6 Å². The third-order valence-corrected chi connectivity index (χ3v) is 6.60. The minimum absolute atomic E-state index is 0.124. The second kappa shape index (κ2) is 10.3. The first-order valence-corrected chi connectivity index (χ1v) is 11.7. The number of rotatable bonds is 8. The van der Waals surface area contributed by atoms with Gasteiger partial charge in [0.2, 0.25) is 0 Å². The zero-order valence-corrected chi connectivity index (χ0v) is 19.8. The van der Waals surface area contributed by atoms with Gasteiger partial charge in [0.25, 0.3) is 5.91 Å². The number of ether oxygens (including phenoxy) is 1. The highest BCUT2D eigenvalue weighted by molar-refractivity contribution is 7.16. The summed E-state index contributed by atoms with van der Waals surface area (Å²) in [5.41, 5.74) is 3.87. The van der Waals surface area contributed by atoms with Gasteiger partial charge in [0.1, 0.15) is 16.6 Å². The highest BCUT2D eigenvalue weighted by Crippen LogP contribution is 2.41. The van der Waals surface area contributed by atoms with E-state index in [1.807, 2.05) is 67.6 Å². The molecule has 0 radical (unpaired) electrons. The van der Waals surface area contributed by atoms with Gasteiger partial charge in [-0.25, -0.2) is 4.98 Å². The molecule has 4 aromatic rings. The lowest BCUT2D eigenvalue weighted by Crippen LogP contribution is -2.18. The van der Waals surface area contributed by atoms with Crippen LogP contribution in [-0.4, -0.2) is 17.5 Å². The first-order chi connectivity index (χ1) is 16.1. The van der Waals surface area contributed by atoms with Crippen LogP contribution in [0.5, 0.6) is 5.75 Å². The summed E-state index contributed by atoms with van der Waals surface area (Å²) in [5, 5.41) is 7.56. The predicted molar refractivity (Wildman–Crippen MR) is 136 cm³/mol. The molecule has 1 unspecified atom stereocenters. The molecule has 1 amide bonds. The molecule has 2 aromatic carbocycles. The molecule has 0 aliphatic carbocycles. The molecule has 5 nitrogen and oxygen atoms in total. The number of carbonyl (C=O) groups is 1. The van der Waals surface area contributed by atoms with Crippen LogP contribution < -0.4 is 15.4 Å². The Hall–Kier alpha value is -3.64. The van der Waals surface area contributed by atoms with Crippen LogP contribution >= 0.6 is 11.3 Å². The summed E-state index contributed by atoms with van der Waals surface area (Å²) in [6.07, 6.45) is 1.77. The molecule has 4 rings (SSSR count). The first kappa shape index (κ1) is 22.6. The van der Waals surface area contributed by atoms with Gasteiger partial charge in [0, 0.05) is 22.2 Å². The van der Waals surface area contributed by atoms with Gasteiger partial charge in [-0.1, -0.05) is 36.4 Å². The van der Waals surface area contributed by atoms with Crippen LogP contribution in [-0.2, 0) is 0 Å². The number of carbonyl (C=O) groups excluding carboxylic acids is 1. The van der Waals surface area contributed by atoms with Crippen molar-refractivity contribution in [3.8, 4) is 5.75 Å². The molecule has 2 aromatic heterocycles. The van der Waals surface area contributed by atoms with Crippen LogP contribution in [0.3, 0.4) is 0 Å². The average molecular weight is 458 g/mol. The van der Waals surface area contributed by atoms with E-state index in [1.54, 1.807) is 17.5 Å². The molecule has 0 bridgehead atoms. The van der Waals surface area contributed by atoms with Crippen molar-refractivity contribution >= 4 is 28.1 Å². The van der Waals surface area contributed by atoms with Crippen LogP contribution in [0, 0.1) is 13.8 Å². The van der Waals surface area contributed by atoms with Crippen LogP contribution in [0.25, 0.3) is 0 Å². The molecule has 0 aliphatic heterocycles. The standard InChI is InChI=1S/C27H27N3O2S/c1-4-32-22-15-13-20(14-16-22)25(29-23-12-8-9-17-28-23)24-18(2)19(3)33-27(24)30-26(31)21-10-6-5-7-11-21/h5-17,25H,4H2,1-3H3,(H,28,29)(H,30,31). The molecule has 0 fully saturated rings. The first-order valence-electron chi connectivity index (χ1n) is 10.9. The minimum atomic E-state index is -0.202. The van der Waals surface area contributed by atoms with E-state index >= 15 is 0 Å². The Kier molecular flexibility index (Phi) is 7.05. The van der Waals surface area contributed by atoms with Crippen molar-refractivity contribution in [2.45, 2.75) is 26.8 Å². The molecule has 168 valence electrons. The molecule has 33 heavy (non-hydrogen) atoms. The number of anilines is 2. The van der Waals surface area contributed by atoms with Gasteiger partial charge in [-0.2, -0.15) is 0 Å². The number of hydrogen-bond acceptors (Lipinski definition) is 5. The van der Waals surface area contributed by atoms with E-state index < -0.39 is 0 Å². The molecule has 2 heterocycles. The minimum Gasteiger partial charge on any atom is -0.494 e. The van der Waals surface area contributed by atoms with Gasteiger partial charge >= 0.3 is 0 Å². The number of pyridine rings is 1. The smallest absolute Gasteiger partial charge is 0.256 e. The van der Waals surface area contributed by atoms with E-state index in [0.29, 0.717) is 12.2 Å². The number of nitrogens with one attached hydrogen (secondary N) is 2. The van der Waals surface area contributed by atoms with Crippen molar-refractivity contribution in [3.05, 3.63) is 106 Å². The van der Waals surface area contributed by atoms with E-state index in [4.69, 9.17) is 4.74 Å². The Bertz CT molecular complexity index is 1210. The second-order valence-electron chi connectivity index (χ2n) is 7.64. The van der Waals surface area contributed by atoms with E-state index in [0.717, 1.165) is 38.1 Å². The fraction of sp³-hybridized carbons (Fsp3) is 0.185. The summed E-state index contributed by atoms with van der Waals surface area (Å²) in [4.78, 5) is 18.6. The van der Waals surface area contributed by atoms with E-state index in [2.05, 4.69) is 41.6 Å². The number of aryl methyl sites for hydroxylation is 1. The summed E-state index contributed by atoms with van der Waals surface area (Å²) in [5.74, 6) is 1.47. The van der Waals surface area contributed by atoms with E-state index in [-0.39, 0.29) is 11.9 Å². The van der Waals surface area contributed by atoms with Crippen LogP contribution in [0.15, 0.2) is 79.0 Å². The Morgan fingerprint density at radius 2 is 1.73 bits per heavy atom. The Balaban J connectivity index is 1.75. The third-order valence-electron chi connectivity index (χ3n) is 5.47. The lowest BCUT2D eigenvalue weighted by Gasteiger charge is -2.22. The Labute approximate surface area is 198 Å². The summed E-state index contributed by atoms with van der Waals surface area (Å²) in [6.45, 7) is 6.77. The zero-order chi connectivity index (χ0) is 23.2. The highest BCUT2D eigenvalue weighted by atomic mass is 32.1. The lowest BCUT2D eigenvalue weighted by molar-refractivity contribution is 0.102. The summed E-state index contributed by atoms with van der Waals surface area (Å²) in [6, 6.07) is 22.9. The maximum Gasteiger partial charge on any atom is 0.256 e. The largest absolute Gasteiger partial charge is 0.494 e. The summed E-state index contributed by atoms with van der Waals surface area (Å²) < 4.78 is 5.63. The quantitative estimate of drug-likeness (QED) is 0.312. The number of thiophene rings is 1. The van der Waals surface area contributed by atoms with Crippen molar-refractivity contribution in [3.63, 3.8) is 0 Å². The van der Waals surface area contributed by atoms with Gasteiger partial charge in [0.15, 0.2) is 0 Å². The number of hydrogen-bond donors (Lipinski definition) is 2. The molecule has 0 saturated heterocycles.